The summed E-state index contributed by atoms with van der Waals surface area (Å²) in [4.78, 5) is 49.7. The molecule has 0 aliphatic rings. The summed E-state index contributed by atoms with van der Waals surface area (Å²) < 4.78 is 15.5. The van der Waals surface area contributed by atoms with Gasteiger partial charge in [0.2, 0.25) is 0 Å². The molecule has 1 amide bonds. The Hall–Kier alpha value is -4.15. The van der Waals surface area contributed by atoms with E-state index in [1.165, 1.54) is 26.3 Å². The van der Waals surface area contributed by atoms with Crippen molar-refractivity contribution in [1.82, 2.24) is 10.3 Å². The molecule has 0 saturated carbocycles. The van der Waals surface area contributed by atoms with Gasteiger partial charge in [-0.25, -0.2) is 4.98 Å². The van der Waals surface area contributed by atoms with Crippen molar-refractivity contribution in [2.75, 3.05) is 20.3 Å². The number of aliphatic carboxylic acids is 1. The third kappa shape index (κ3) is 11.7. The van der Waals surface area contributed by atoms with E-state index in [0.717, 1.165) is 5.56 Å². The van der Waals surface area contributed by atoms with E-state index in [1.54, 1.807) is 20.8 Å². The van der Waals surface area contributed by atoms with Gasteiger partial charge in [0.05, 0.1) is 31.6 Å². The fraction of sp³-hybridized carbons (Fsp3) is 0.444. The Kier molecular flexibility index (Phi) is 13.9. The Labute approximate surface area is 222 Å². The Bertz CT molecular complexity index is 1060. The van der Waals surface area contributed by atoms with E-state index in [1.807, 2.05) is 30.3 Å². The Morgan fingerprint density at radius 3 is 2.24 bits per heavy atom. The van der Waals surface area contributed by atoms with E-state index in [4.69, 9.17) is 19.3 Å². The van der Waals surface area contributed by atoms with Crippen molar-refractivity contribution in [2.45, 2.75) is 46.6 Å². The molecule has 0 fully saturated rings. The highest BCUT2D eigenvalue weighted by atomic mass is 16.5. The molecule has 0 aliphatic heterocycles. The van der Waals surface area contributed by atoms with Gasteiger partial charge in [0.25, 0.3) is 5.91 Å². The molecule has 1 heterocycles. The summed E-state index contributed by atoms with van der Waals surface area (Å²) >= 11 is 0. The van der Waals surface area contributed by atoms with Crippen molar-refractivity contribution < 1.29 is 43.6 Å². The van der Waals surface area contributed by atoms with E-state index in [9.17, 15) is 24.3 Å². The SMILES string of the molecule is CC(C)C(=O)O.COc1ccnc(C(=O)NCCOC(=O)C(Cc2ccccc2)CC(C)OC(C)=O)c1O. The maximum Gasteiger partial charge on any atom is 0.309 e. The number of carbonyl (C=O) groups excluding carboxylic acids is 3. The van der Waals surface area contributed by atoms with Crippen LogP contribution in [-0.2, 0) is 30.3 Å². The number of nitrogens with one attached hydrogen (secondary N) is 1. The summed E-state index contributed by atoms with van der Waals surface area (Å²) in [6, 6.07) is 10.9. The second-order valence-electron chi connectivity index (χ2n) is 8.67. The van der Waals surface area contributed by atoms with Crippen LogP contribution in [0, 0.1) is 11.8 Å². The summed E-state index contributed by atoms with van der Waals surface area (Å²) in [6.07, 6.45) is 1.63. The zero-order chi connectivity index (χ0) is 28.7. The quantitative estimate of drug-likeness (QED) is 0.274. The van der Waals surface area contributed by atoms with Crippen LogP contribution in [0.25, 0.3) is 0 Å². The van der Waals surface area contributed by atoms with Crippen molar-refractivity contribution in [3.05, 3.63) is 53.9 Å². The number of benzene rings is 1. The van der Waals surface area contributed by atoms with E-state index in [0.29, 0.717) is 12.8 Å². The van der Waals surface area contributed by atoms with Gasteiger partial charge in [0.15, 0.2) is 17.2 Å². The highest BCUT2D eigenvalue weighted by Crippen LogP contribution is 2.27. The molecule has 38 heavy (non-hydrogen) atoms. The number of aromatic hydroxyl groups is 1. The summed E-state index contributed by atoms with van der Waals surface area (Å²) in [5.74, 6) is -3.23. The van der Waals surface area contributed by atoms with Crippen LogP contribution in [-0.4, -0.2) is 65.4 Å². The number of carbonyl (C=O) groups is 4. The zero-order valence-electron chi connectivity index (χ0n) is 22.3. The largest absolute Gasteiger partial charge is 0.503 e. The molecule has 11 nitrogen and oxygen atoms in total. The first kappa shape index (κ1) is 31.9. The van der Waals surface area contributed by atoms with Gasteiger partial charge in [0.1, 0.15) is 6.61 Å². The van der Waals surface area contributed by atoms with Gasteiger partial charge in [-0.2, -0.15) is 0 Å². The lowest BCUT2D eigenvalue weighted by Gasteiger charge is -2.20. The Morgan fingerprint density at radius 1 is 1.05 bits per heavy atom. The number of esters is 2. The molecule has 208 valence electrons. The first-order chi connectivity index (χ1) is 18.0. The molecular weight excluding hydrogens is 496 g/mol. The number of nitrogens with zero attached hydrogens (tertiary/aromatic N) is 1. The summed E-state index contributed by atoms with van der Waals surface area (Å²) in [5.41, 5.74) is 0.769. The van der Waals surface area contributed by atoms with Crippen LogP contribution in [0.2, 0.25) is 0 Å². The highest BCUT2D eigenvalue weighted by molar-refractivity contribution is 5.95. The van der Waals surface area contributed by atoms with Crippen LogP contribution in [0.1, 0.15) is 50.2 Å². The van der Waals surface area contributed by atoms with Gasteiger partial charge in [-0.05, 0) is 25.3 Å². The van der Waals surface area contributed by atoms with Crippen molar-refractivity contribution in [3.8, 4) is 11.5 Å². The minimum atomic E-state index is -0.741. The predicted molar refractivity (Wildman–Crippen MR) is 138 cm³/mol. The molecule has 1 aromatic heterocycles. The molecule has 0 radical (unpaired) electrons. The number of ether oxygens (including phenoxy) is 3. The summed E-state index contributed by atoms with van der Waals surface area (Å²) in [6.45, 7) is 6.28. The topological polar surface area (TPSA) is 161 Å². The normalized spacial score (nSPS) is 11.8. The lowest BCUT2D eigenvalue weighted by atomic mass is 9.94. The minimum Gasteiger partial charge on any atom is -0.503 e. The second-order valence-corrected chi connectivity index (χ2v) is 8.67. The molecule has 0 bridgehead atoms. The fourth-order valence-corrected chi connectivity index (χ4v) is 3.18. The first-order valence-corrected chi connectivity index (χ1v) is 12.1. The highest BCUT2D eigenvalue weighted by Gasteiger charge is 2.25. The number of amides is 1. The lowest BCUT2D eigenvalue weighted by molar-refractivity contribution is -0.153. The van der Waals surface area contributed by atoms with Crippen LogP contribution in [0.4, 0.5) is 0 Å². The number of aromatic nitrogens is 1. The maximum absolute atomic E-state index is 12.7. The van der Waals surface area contributed by atoms with E-state index >= 15 is 0 Å². The summed E-state index contributed by atoms with van der Waals surface area (Å²) in [7, 11) is 1.37. The molecule has 2 rings (SSSR count). The third-order valence-electron chi connectivity index (χ3n) is 5.09. The molecular formula is C27H36N2O9. The van der Waals surface area contributed by atoms with Gasteiger partial charge >= 0.3 is 17.9 Å². The molecule has 0 aliphatic carbocycles. The fourth-order valence-electron chi connectivity index (χ4n) is 3.18. The summed E-state index contributed by atoms with van der Waals surface area (Å²) in [5, 5.41) is 20.5. The number of rotatable bonds is 12. The number of hydrogen-bond donors (Lipinski definition) is 3. The van der Waals surface area contributed by atoms with Crippen LogP contribution in [0.5, 0.6) is 11.5 Å². The monoisotopic (exact) mass is 532 g/mol. The average Bonchev–Trinajstić information content (AvgIpc) is 2.86. The van der Waals surface area contributed by atoms with Crippen molar-refractivity contribution >= 4 is 23.8 Å². The molecule has 0 spiro atoms. The second kappa shape index (κ2) is 16.6. The Morgan fingerprint density at radius 2 is 1.68 bits per heavy atom. The van der Waals surface area contributed by atoms with Gasteiger partial charge in [-0.1, -0.05) is 44.2 Å². The number of hydrogen-bond acceptors (Lipinski definition) is 9. The number of methoxy groups -OCH3 is 1. The zero-order valence-corrected chi connectivity index (χ0v) is 22.3. The van der Waals surface area contributed by atoms with Crippen LogP contribution < -0.4 is 10.1 Å². The minimum absolute atomic E-state index is 0.0282. The van der Waals surface area contributed by atoms with Crippen molar-refractivity contribution in [3.63, 3.8) is 0 Å². The molecule has 2 aromatic rings. The van der Waals surface area contributed by atoms with Crippen LogP contribution in [0.3, 0.4) is 0 Å². The maximum atomic E-state index is 12.7. The van der Waals surface area contributed by atoms with Gasteiger partial charge < -0.3 is 29.7 Å². The van der Waals surface area contributed by atoms with E-state index in [-0.39, 0.29) is 36.3 Å². The molecule has 11 heteroatoms. The van der Waals surface area contributed by atoms with Crippen LogP contribution in [0.15, 0.2) is 42.6 Å². The molecule has 2 unspecified atom stereocenters. The smallest absolute Gasteiger partial charge is 0.309 e. The number of pyridine rings is 1. The van der Waals surface area contributed by atoms with E-state index < -0.39 is 35.8 Å². The molecule has 0 saturated heterocycles. The van der Waals surface area contributed by atoms with Crippen molar-refractivity contribution in [2.24, 2.45) is 11.8 Å². The third-order valence-corrected chi connectivity index (χ3v) is 5.09. The molecule has 2 atom stereocenters. The first-order valence-electron chi connectivity index (χ1n) is 12.1. The molecule has 3 N–H and O–H groups in total. The average molecular weight is 533 g/mol. The van der Waals surface area contributed by atoms with Crippen LogP contribution >= 0.6 is 0 Å². The van der Waals surface area contributed by atoms with Gasteiger partial charge in [0, 0.05) is 19.2 Å². The molecule has 1 aromatic carbocycles. The van der Waals surface area contributed by atoms with E-state index in [2.05, 4.69) is 10.3 Å². The van der Waals surface area contributed by atoms with Gasteiger partial charge in [-0.3, -0.25) is 19.2 Å². The predicted octanol–water partition coefficient (Wildman–Crippen LogP) is 3.00. The van der Waals surface area contributed by atoms with Crippen molar-refractivity contribution in [1.29, 1.82) is 0 Å². The lowest BCUT2D eigenvalue weighted by Crippen LogP contribution is -2.31. The number of carboxylic acid groups (broad SMARTS) is 1. The Balaban J connectivity index is 0.00000107. The number of carboxylic acids is 1. The van der Waals surface area contributed by atoms with Gasteiger partial charge in [-0.15, -0.1) is 0 Å². The standard InChI is InChI=1S/C23H28N2O7.C4H8O2/c1-15(32-16(2)26)13-18(14-17-7-5-4-6-8-17)23(29)31-12-11-25-22(28)20-21(27)19(30-3)9-10-24-20;1-3(2)4(5)6/h4-10,15,18,27H,11-14H2,1-3H3,(H,25,28);3H,1-2H3,(H,5,6).